The van der Waals surface area contributed by atoms with Gasteiger partial charge in [0.05, 0.1) is 0 Å². The van der Waals surface area contributed by atoms with Gasteiger partial charge in [-0.25, -0.2) is 0 Å². The molecule has 0 fully saturated rings. The van der Waals surface area contributed by atoms with Crippen LogP contribution in [0.1, 0.15) is 12.8 Å². The van der Waals surface area contributed by atoms with Gasteiger partial charge in [0.15, 0.2) is 0 Å². The highest BCUT2D eigenvalue weighted by molar-refractivity contribution is 5.83. The van der Waals surface area contributed by atoms with E-state index in [0.29, 0.717) is 11.8 Å². The smallest absolute Gasteiger partial charge is 0.0246 e. The van der Waals surface area contributed by atoms with E-state index in [1.807, 2.05) is 0 Å². The van der Waals surface area contributed by atoms with Crippen LogP contribution in [0.15, 0.2) is 97.1 Å². The van der Waals surface area contributed by atoms with Crippen LogP contribution >= 0.6 is 0 Å². The molecule has 0 amide bonds. The molecule has 4 aliphatic carbocycles. The molecule has 0 N–H and O–H groups in total. The van der Waals surface area contributed by atoms with Crippen LogP contribution in [0.25, 0.3) is 22.3 Å². The number of benzene rings is 2. The molecule has 0 aromatic heterocycles. The summed E-state index contributed by atoms with van der Waals surface area (Å²) in [4.78, 5) is 0. The second-order valence-corrected chi connectivity index (χ2v) is 8.00. The largest absolute Gasteiger partial charge is 0.0729 e. The van der Waals surface area contributed by atoms with E-state index in [2.05, 4.69) is 97.1 Å². The first kappa shape index (κ1) is 15.9. The summed E-state index contributed by atoms with van der Waals surface area (Å²) in [7, 11) is 0. The summed E-state index contributed by atoms with van der Waals surface area (Å²) in [6.45, 7) is 0. The van der Waals surface area contributed by atoms with E-state index in [-0.39, 0.29) is 0 Å². The average molecular weight is 358 g/mol. The van der Waals surface area contributed by atoms with E-state index in [0.717, 1.165) is 12.8 Å². The molecule has 0 saturated heterocycles. The molecule has 0 bridgehead atoms. The summed E-state index contributed by atoms with van der Waals surface area (Å²) in [5, 5.41) is 5.75. The highest BCUT2D eigenvalue weighted by atomic mass is 14.3. The minimum Gasteiger partial charge on any atom is -0.0729 e. The van der Waals surface area contributed by atoms with Crippen molar-refractivity contribution < 1.29 is 0 Å². The molecule has 2 unspecified atom stereocenters. The van der Waals surface area contributed by atoms with Gasteiger partial charge >= 0.3 is 0 Å². The first-order chi connectivity index (χ1) is 13.9. The average Bonchev–Trinajstić information content (AvgIpc) is 3.26. The highest BCUT2D eigenvalue weighted by Gasteiger charge is 2.27. The second kappa shape index (κ2) is 6.21. The van der Waals surface area contributed by atoms with Gasteiger partial charge in [-0.3, -0.25) is 0 Å². The van der Waals surface area contributed by atoms with E-state index >= 15 is 0 Å². The Morgan fingerprint density at radius 2 is 0.929 bits per heavy atom. The van der Waals surface area contributed by atoms with Crippen LogP contribution in [0.3, 0.4) is 0 Å². The molecule has 6 rings (SSSR count). The van der Waals surface area contributed by atoms with Crippen molar-refractivity contribution in [1.82, 2.24) is 0 Å². The molecular formula is C28H22. The quantitative estimate of drug-likeness (QED) is 0.790. The zero-order valence-corrected chi connectivity index (χ0v) is 15.8. The zero-order chi connectivity index (χ0) is 18.5. The topological polar surface area (TPSA) is 0 Å². The number of fused-ring (bicyclic) bond motifs is 4. The zero-order valence-electron chi connectivity index (χ0n) is 15.8. The summed E-state index contributed by atoms with van der Waals surface area (Å²) in [6.07, 6.45) is 20.4. The van der Waals surface area contributed by atoms with Crippen molar-refractivity contribution in [2.24, 2.45) is 11.8 Å². The van der Waals surface area contributed by atoms with Crippen LogP contribution in [0, 0.1) is 11.8 Å². The minimum absolute atomic E-state index is 0.449. The lowest BCUT2D eigenvalue weighted by Crippen LogP contribution is -2.24. The summed E-state index contributed by atoms with van der Waals surface area (Å²) in [5.41, 5.74) is 6.11. The first-order valence-electron chi connectivity index (χ1n) is 10.3. The van der Waals surface area contributed by atoms with Crippen molar-refractivity contribution in [3.63, 3.8) is 0 Å². The molecule has 0 heteroatoms. The predicted octanol–water partition coefficient (Wildman–Crippen LogP) is 3.28. The molecule has 2 aromatic rings. The fourth-order valence-corrected chi connectivity index (χ4v) is 5.42. The number of allylic oxidation sites excluding steroid dienone is 8. The molecule has 134 valence electrons. The van der Waals surface area contributed by atoms with Crippen LogP contribution in [0.5, 0.6) is 0 Å². The molecule has 4 aliphatic rings. The van der Waals surface area contributed by atoms with Crippen LogP contribution in [-0.4, -0.2) is 0 Å². The Morgan fingerprint density at radius 3 is 1.39 bits per heavy atom. The normalized spacial score (nSPS) is 23.1. The van der Waals surface area contributed by atoms with Gasteiger partial charge in [-0.05, 0) is 44.9 Å². The lowest BCUT2D eigenvalue weighted by molar-refractivity contribution is 0.930. The molecular weight excluding hydrogens is 336 g/mol. The van der Waals surface area contributed by atoms with Gasteiger partial charge in [-0.1, -0.05) is 108 Å². The Bertz CT molecular complexity index is 1250. The van der Waals surface area contributed by atoms with Gasteiger partial charge in [-0.2, -0.15) is 0 Å². The van der Waals surface area contributed by atoms with E-state index in [1.54, 1.807) is 11.1 Å². The summed E-state index contributed by atoms with van der Waals surface area (Å²) < 4.78 is 0. The Morgan fingerprint density at radius 1 is 0.500 bits per heavy atom. The third kappa shape index (κ3) is 2.24. The lowest BCUT2D eigenvalue weighted by atomic mass is 9.84. The number of hydrogen-bond donors (Lipinski definition) is 0. The third-order valence-electron chi connectivity index (χ3n) is 6.63. The highest BCUT2D eigenvalue weighted by Crippen LogP contribution is 2.36. The first-order valence-corrected chi connectivity index (χ1v) is 10.3. The summed E-state index contributed by atoms with van der Waals surface area (Å²) in [6, 6.07) is 17.9. The maximum Gasteiger partial charge on any atom is 0.0246 e. The van der Waals surface area contributed by atoms with E-state index in [9.17, 15) is 0 Å². The van der Waals surface area contributed by atoms with E-state index < -0.39 is 0 Å². The van der Waals surface area contributed by atoms with Crippen molar-refractivity contribution >= 4 is 22.3 Å². The van der Waals surface area contributed by atoms with Gasteiger partial charge in [-0.15, -0.1) is 0 Å². The van der Waals surface area contributed by atoms with Gasteiger partial charge in [0.25, 0.3) is 0 Å². The Hall–Kier alpha value is -3.12. The van der Waals surface area contributed by atoms with Crippen LogP contribution in [0.2, 0.25) is 0 Å². The van der Waals surface area contributed by atoms with Gasteiger partial charge < -0.3 is 0 Å². The number of hydrogen-bond acceptors (Lipinski definition) is 0. The van der Waals surface area contributed by atoms with Crippen molar-refractivity contribution in [3.05, 3.63) is 118 Å². The van der Waals surface area contributed by atoms with Gasteiger partial charge in [0, 0.05) is 11.8 Å². The molecule has 28 heavy (non-hydrogen) atoms. The monoisotopic (exact) mass is 358 g/mol. The maximum absolute atomic E-state index is 2.37. The van der Waals surface area contributed by atoms with Crippen molar-refractivity contribution in [2.75, 3.05) is 0 Å². The fourth-order valence-electron chi connectivity index (χ4n) is 5.42. The van der Waals surface area contributed by atoms with Crippen LogP contribution < -0.4 is 20.9 Å². The predicted molar refractivity (Wildman–Crippen MR) is 118 cm³/mol. The molecule has 2 atom stereocenters. The molecule has 0 radical (unpaired) electrons. The summed E-state index contributed by atoms with van der Waals surface area (Å²) >= 11 is 0. The van der Waals surface area contributed by atoms with Crippen molar-refractivity contribution in [3.8, 4) is 0 Å². The summed E-state index contributed by atoms with van der Waals surface area (Å²) in [5.74, 6) is 0.898. The molecule has 0 aliphatic heterocycles. The Kier molecular flexibility index (Phi) is 3.52. The molecule has 0 nitrogen and oxygen atoms in total. The van der Waals surface area contributed by atoms with Gasteiger partial charge in [0.2, 0.25) is 0 Å². The SMILES string of the molecule is C1=CC2=c3ccccc3=C(CCC3=c4ccccc4=C4C=CC=CC43)C2C=C1. The maximum atomic E-state index is 2.37. The van der Waals surface area contributed by atoms with Gasteiger partial charge in [0.1, 0.15) is 0 Å². The Labute approximate surface area is 165 Å². The van der Waals surface area contributed by atoms with E-state index in [1.165, 1.54) is 32.0 Å². The van der Waals surface area contributed by atoms with E-state index in [4.69, 9.17) is 0 Å². The second-order valence-electron chi connectivity index (χ2n) is 8.00. The minimum atomic E-state index is 0.449. The van der Waals surface area contributed by atoms with Crippen molar-refractivity contribution in [2.45, 2.75) is 12.8 Å². The standard InChI is InChI=1S/C28H22/c1-5-13-23-19(9-1)20-10-2-6-14-24(20)27(23)17-18-28-25-15-7-3-11-21(25)22-12-4-8-16-26(22)28/h1-16,23,25H,17-18H2. The molecule has 0 spiro atoms. The van der Waals surface area contributed by atoms with Crippen LogP contribution in [-0.2, 0) is 0 Å². The lowest BCUT2D eigenvalue weighted by Gasteiger charge is -2.20. The molecule has 0 heterocycles. The molecule has 0 saturated carbocycles. The number of rotatable bonds is 3. The molecule has 2 aromatic carbocycles. The van der Waals surface area contributed by atoms with Crippen LogP contribution in [0.4, 0.5) is 0 Å². The van der Waals surface area contributed by atoms with Crippen molar-refractivity contribution in [1.29, 1.82) is 0 Å². The Balaban J connectivity index is 1.46. The fraction of sp³-hybridized carbons (Fsp3) is 0.143. The third-order valence-corrected chi connectivity index (χ3v) is 6.63.